The zero-order chi connectivity index (χ0) is 14.9. The van der Waals surface area contributed by atoms with Crippen LogP contribution >= 0.6 is 0 Å². The van der Waals surface area contributed by atoms with Gasteiger partial charge in [0.1, 0.15) is 18.1 Å². The third kappa shape index (κ3) is 5.81. The standard InChI is InChI=1S/C17H30N2O2/c1-3-7-18-13-17-15(2)12-16(21-17)14-20-11-10-19-8-5-4-6-9-19/h12,18H,3-11,13-14H2,1-2H3. The highest BCUT2D eigenvalue weighted by atomic mass is 16.5. The lowest BCUT2D eigenvalue weighted by molar-refractivity contribution is 0.0758. The van der Waals surface area contributed by atoms with Crippen molar-refractivity contribution >= 4 is 0 Å². The number of hydrogen-bond donors (Lipinski definition) is 1. The Bertz CT molecular complexity index is 397. The Labute approximate surface area is 128 Å². The Hall–Kier alpha value is -0.840. The van der Waals surface area contributed by atoms with E-state index in [1.54, 1.807) is 0 Å². The maximum absolute atomic E-state index is 5.85. The van der Waals surface area contributed by atoms with Gasteiger partial charge in [-0.2, -0.15) is 0 Å². The van der Waals surface area contributed by atoms with E-state index in [1.165, 1.54) is 37.9 Å². The smallest absolute Gasteiger partial charge is 0.130 e. The van der Waals surface area contributed by atoms with E-state index in [1.807, 2.05) is 0 Å². The van der Waals surface area contributed by atoms with Gasteiger partial charge in [-0.05, 0) is 57.5 Å². The first-order valence-electron chi connectivity index (χ1n) is 8.38. The van der Waals surface area contributed by atoms with Crippen LogP contribution in [0, 0.1) is 6.92 Å². The molecule has 1 aliphatic rings. The molecule has 0 aliphatic carbocycles. The van der Waals surface area contributed by atoms with E-state index in [0.717, 1.165) is 44.2 Å². The second-order valence-corrected chi connectivity index (χ2v) is 5.95. The molecule has 1 aromatic rings. The number of likely N-dealkylation sites (tertiary alicyclic amines) is 1. The number of hydrogen-bond acceptors (Lipinski definition) is 4. The predicted molar refractivity (Wildman–Crippen MR) is 85.4 cm³/mol. The summed E-state index contributed by atoms with van der Waals surface area (Å²) in [5, 5.41) is 3.37. The zero-order valence-corrected chi connectivity index (χ0v) is 13.6. The average molecular weight is 294 g/mol. The molecule has 2 rings (SSSR count). The summed E-state index contributed by atoms with van der Waals surface area (Å²) in [7, 11) is 0. The second-order valence-electron chi connectivity index (χ2n) is 5.95. The third-order valence-corrected chi connectivity index (χ3v) is 4.03. The van der Waals surface area contributed by atoms with Gasteiger partial charge in [-0.15, -0.1) is 0 Å². The molecule has 4 heteroatoms. The molecule has 1 N–H and O–H groups in total. The van der Waals surface area contributed by atoms with Gasteiger partial charge in [-0.1, -0.05) is 13.3 Å². The molecule has 21 heavy (non-hydrogen) atoms. The molecule has 1 fully saturated rings. The van der Waals surface area contributed by atoms with Gasteiger partial charge in [0.25, 0.3) is 0 Å². The minimum Gasteiger partial charge on any atom is -0.462 e. The van der Waals surface area contributed by atoms with Crippen LogP contribution < -0.4 is 5.32 Å². The number of nitrogens with zero attached hydrogens (tertiary/aromatic N) is 1. The van der Waals surface area contributed by atoms with Crippen LogP contribution in [0.2, 0.25) is 0 Å². The van der Waals surface area contributed by atoms with Gasteiger partial charge in [-0.25, -0.2) is 0 Å². The van der Waals surface area contributed by atoms with Gasteiger partial charge < -0.3 is 19.4 Å². The van der Waals surface area contributed by atoms with Crippen molar-refractivity contribution in [2.24, 2.45) is 0 Å². The van der Waals surface area contributed by atoms with E-state index in [4.69, 9.17) is 9.15 Å². The molecule has 1 aliphatic heterocycles. The van der Waals surface area contributed by atoms with Crippen molar-refractivity contribution in [3.63, 3.8) is 0 Å². The highest BCUT2D eigenvalue weighted by Crippen LogP contribution is 2.15. The lowest BCUT2D eigenvalue weighted by Gasteiger charge is -2.25. The van der Waals surface area contributed by atoms with Crippen LogP contribution in [0.15, 0.2) is 10.5 Å². The van der Waals surface area contributed by atoms with Gasteiger partial charge in [-0.3, -0.25) is 0 Å². The van der Waals surface area contributed by atoms with E-state index in [9.17, 15) is 0 Å². The summed E-state index contributed by atoms with van der Waals surface area (Å²) < 4.78 is 11.6. The van der Waals surface area contributed by atoms with Crippen molar-refractivity contribution in [2.45, 2.75) is 52.7 Å². The molecular formula is C17H30N2O2. The second kappa shape index (κ2) is 9.23. The number of piperidine rings is 1. The molecule has 2 heterocycles. The Morgan fingerprint density at radius 3 is 2.86 bits per heavy atom. The van der Waals surface area contributed by atoms with Gasteiger partial charge >= 0.3 is 0 Å². The van der Waals surface area contributed by atoms with Gasteiger partial charge in [0.2, 0.25) is 0 Å². The minimum atomic E-state index is 0.586. The Morgan fingerprint density at radius 1 is 1.29 bits per heavy atom. The van der Waals surface area contributed by atoms with Gasteiger partial charge in [0.15, 0.2) is 0 Å². The molecule has 0 bridgehead atoms. The highest BCUT2D eigenvalue weighted by Gasteiger charge is 2.10. The van der Waals surface area contributed by atoms with E-state index >= 15 is 0 Å². The SMILES string of the molecule is CCCNCc1oc(COCCN2CCCCC2)cc1C. The molecular weight excluding hydrogens is 264 g/mol. The zero-order valence-electron chi connectivity index (χ0n) is 13.6. The van der Waals surface area contributed by atoms with Crippen LogP contribution in [0.3, 0.4) is 0 Å². The lowest BCUT2D eigenvalue weighted by atomic mass is 10.1. The fourth-order valence-electron chi connectivity index (χ4n) is 2.76. The van der Waals surface area contributed by atoms with Gasteiger partial charge in [0, 0.05) is 6.54 Å². The normalized spacial score (nSPS) is 16.5. The fraction of sp³-hybridized carbons (Fsp3) is 0.765. The summed E-state index contributed by atoms with van der Waals surface area (Å²) in [6.07, 6.45) is 5.21. The summed E-state index contributed by atoms with van der Waals surface area (Å²) >= 11 is 0. The molecule has 0 aromatic carbocycles. The van der Waals surface area contributed by atoms with E-state index in [0.29, 0.717) is 6.61 Å². The maximum atomic E-state index is 5.85. The average Bonchev–Trinajstić information content (AvgIpc) is 2.85. The van der Waals surface area contributed by atoms with Crippen molar-refractivity contribution < 1.29 is 9.15 Å². The highest BCUT2D eigenvalue weighted by molar-refractivity contribution is 5.19. The van der Waals surface area contributed by atoms with Crippen LogP contribution in [-0.4, -0.2) is 37.7 Å². The third-order valence-electron chi connectivity index (χ3n) is 4.03. The van der Waals surface area contributed by atoms with Crippen LogP contribution in [0.4, 0.5) is 0 Å². The summed E-state index contributed by atoms with van der Waals surface area (Å²) in [5.41, 5.74) is 1.22. The summed E-state index contributed by atoms with van der Waals surface area (Å²) in [5.74, 6) is 1.98. The van der Waals surface area contributed by atoms with Crippen LogP contribution in [-0.2, 0) is 17.9 Å². The molecule has 0 unspecified atom stereocenters. The largest absolute Gasteiger partial charge is 0.462 e. The predicted octanol–water partition coefficient (Wildman–Crippen LogP) is 3.09. The monoisotopic (exact) mass is 294 g/mol. The van der Waals surface area contributed by atoms with Gasteiger partial charge in [0.05, 0.1) is 13.2 Å². The Balaban J connectivity index is 1.64. The van der Waals surface area contributed by atoms with E-state index < -0.39 is 0 Å². The molecule has 1 aromatic heterocycles. The minimum absolute atomic E-state index is 0.586. The van der Waals surface area contributed by atoms with Crippen molar-refractivity contribution in [1.82, 2.24) is 10.2 Å². The fourth-order valence-corrected chi connectivity index (χ4v) is 2.76. The van der Waals surface area contributed by atoms with Crippen molar-refractivity contribution in [3.8, 4) is 0 Å². The molecule has 1 saturated heterocycles. The maximum Gasteiger partial charge on any atom is 0.130 e. The first kappa shape index (κ1) is 16.5. The first-order chi connectivity index (χ1) is 10.3. The number of furan rings is 1. The first-order valence-corrected chi connectivity index (χ1v) is 8.38. The Kier molecular flexibility index (Phi) is 7.27. The molecule has 0 spiro atoms. The number of aryl methyl sites for hydroxylation is 1. The van der Waals surface area contributed by atoms with Crippen molar-refractivity contribution in [3.05, 3.63) is 23.2 Å². The number of nitrogens with one attached hydrogen (secondary N) is 1. The summed E-state index contributed by atoms with van der Waals surface area (Å²) in [6.45, 7) is 11.0. The summed E-state index contributed by atoms with van der Waals surface area (Å²) in [4.78, 5) is 2.50. The molecule has 0 atom stereocenters. The number of ether oxygens (including phenoxy) is 1. The molecule has 0 radical (unpaired) electrons. The quantitative estimate of drug-likeness (QED) is 0.710. The van der Waals surface area contributed by atoms with E-state index in [2.05, 4.69) is 30.1 Å². The molecule has 0 saturated carbocycles. The van der Waals surface area contributed by atoms with Crippen LogP contribution in [0.25, 0.3) is 0 Å². The van der Waals surface area contributed by atoms with Crippen LogP contribution in [0.5, 0.6) is 0 Å². The summed E-state index contributed by atoms with van der Waals surface area (Å²) in [6, 6.07) is 2.10. The Morgan fingerprint density at radius 2 is 2.10 bits per heavy atom. The molecule has 4 nitrogen and oxygen atoms in total. The molecule has 120 valence electrons. The topological polar surface area (TPSA) is 37.6 Å². The lowest BCUT2D eigenvalue weighted by Crippen LogP contribution is -2.32. The van der Waals surface area contributed by atoms with E-state index in [-0.39, 0.29) is 0 Å². The molecule has 0 amide bonds. The number of rotatable bonds is 9. The van der Waals surface area contributed by atoms with Crippen LogP contribution in [0.1, 0.15) is 49.7 Å². The van der Waals surface area contributed by atoms with Crippen molar-refractivity contribution in [2.75, 3.05) is 32.8 Å². The van der Waals surface area contributed by atoms with Crippen molar-refractivity contribution in [1.29, 1.82) is 0 Å².